The lowest BCUT2D eigenvalue weighted by atomic mass is 10.1. The van der Waals surface area contributed by atoms with Crippen molar-refractivity contribution in [3.8, 4) is 0 Å². The predicted molar refractivity (Wildman–Crippen MR) is 122 cm³/mol. The van der Waals surface area contributed by atoms with Crippen LogP contribution in [-0.4, -0.2) is 19.3 Å². The third kappa shape index (κ3) is 3.45. The molecule has 4 rings (SSSR count). The standard InChI is InChI=1S/C21H16Cl3N3O3/c1-10-3-5-14-12(7-10)19(29)17-16(26-14)18(28)13-8-11(4-6-15(13)27(17)2)9-25-20(30)21(22,23)24/h3-8H,9H2,1-2H3,(H,25,30)(H,26,29). The van der Waals surface area contributed by atoms with Gasteiger partial charge in [0.15, 0.2) is 0 Å². The smallest absolute Gasteiger partial charge is 0.272 e. The highest BCUT2D eigenvalue weighted by atomic mass is 35.6. The number of aromatic amines is 1. The molecule has 0 aliphatic carbocycles. The minimum atomic E-state index is -2.07. The maximum absolute atomic E-state index is 13.2. The van der Waals surface area contributed by atoms with E-state index in [1.165, 1.54) is 0 Å². The number of aromatic nitrogens is 2. The van der Waals surface area contributed by atoms with Gasteiger partial charge in [-0.15, -0.1) is 0 Å². The van der Waals surface area contributed by atoms with Crippen molar-refractivity contribution in [2.75, 3.05) is 0 Å². The van der Waals surface area contributed by atoms with Crippen molar-refractivity contribution < 1.29 is 4.79 Å². The van der Waals surface area contributed by atoms with Gasteiger partial charge >= 0.3 is 0 Å². The number of benzene rings is 2. The molecule has 0 atom stereocenters. The molecule has 154 valence electrons. The van der Waals surface area contributed by atoms with Crippen LogP contribution in [-0.2, 0) is 18.4 Å². The topological polar surface area (TPSA) is 84.0 Å². The van der Waals surface area contributed by atoms with Gasteiger partial charge in [-0.25, -0.2) is 0 Å². The Morgan fingerprint density at radius 2 is 1.80 bits per heavy atom. The lowest BCUT2D eigenvalue weighted by Crippen LogP contribution is -2.34. The van der Waals surface area contributed by atoms with Gasteiger partial charge in [0, 0.05) is 29.9 Å². The minimum absolute atomic E-state index is 0.0807. The van der Waals surface area contributed by atoms with Gasteiger partial charge in [0.2, 0.25) is 10.9 Å². The van der Waals surface area contributed by atoms with Crippen molar-refractivity contribution >= 4 is 73.5 Å². The second-order valence-corrected chi connectivity index (χ2v) is 9.43. The molecule has 1 amide bonds. The molecule has 2 N–H and O–H groups in total. The first kappa shape index (κ1) is 20.7. The number of halogens is 3. The molecule has 0 spiro atoms. The minimum Gasteiger partial charge on any atom is -0.350 e. The van der Waals surface area contributed by atoms with Gasteiger partial charge in [-0.2, -0.15) is 0 Å². The normalized spacial score (nSPS) is 12.0. The van der Waals surface area contributed by atoms with E-state index < -0.39 is 9.70 Å². The summed E-state index contributed by atoms with van der Waals surface area (Å²) in [5.41, 5.74) is 2.84. The molecule has 0 saturated carbocycles. The molecular weight excluding hydrogens is 449 g/mol. The first-order valence-corrected chi connectivity index (χ1v) is 10.1. The Labute approximate surface area is 185 Å². The molecule has 0 fully saturated rings. The number of nitrogens with zero attached hydrogens (tertiary/aromatic N) is 1. The van der Waals surface area contributed by atoms with Crippen LogP contribution in [0.1, 0.15) is 11.1 Å². The number of hydrogen-bond donors (Lipinski definition) is 2. The van der Waals surface area contributed by atoms with E-state index in [9.17, 15) is 14.4 Å². The summed E-state index contributed by atoms with van der Waals surface area (Å²) in [4.78, 5) is 41.2. The van der Waals surface area contributed by atoms with Crippen LogP contribution in [0.15, 0.2) is 46.0 Å². The average molecular weight is 465 g/mol. The monoisotopic (exact) mass is 463 g/mol. The molecule has 0 saturated heterocycles. The van der Waals surface area contributed by atoms with Crippen molar-refractivity contribution in [2.24, 2.45) is 7.05 Å². The van der Waals surface area contributed by atoms with Crippen LogP contribution in [0.5, 0.6) is 0 Å². The maximum atomic E-state index is 13.2. The molecular formula is C21H16Cl3N3O3. The zero-order chi connectivity index (χ0) is 21.8. The number of rotatable bonds is 2. The summed E-state index contributed by atoms with van der Waals surface area (Å²) >= 11 is 16.7. The van der Waals surface area contributed by atoms with Gasteiger partial charge in [0.25, 0.3) is 9.70 Å². The van der Waals surface area contributed by atoms with Crippen molar-refractivity contribution in [3.63, 3.8) is 0 Å². The fraction of sp³-hybridized carbons (Fsp3) is 0.190. The molecule has 30 heavy (non-hydrogen) atoms. The Morgan fingerprint density at radius 1 is 1.07 bits per heavy atom. The largest absolute Gasteiger partial charge is 0.350 e. The molecule has 9 heteroatoms. The van der Waals surface area contributed by atoms with Gasteiger partial charge in [-0.3, -0.25) is 14.4 Å². The zero-order valence-electron chi connectivity index (χ0n) is 16.0. The fourth-order valence-corrected chi connectivity index (χ4v) is 3.78. The van der Waals surface area contributed by atoms with Gasteiger partial charge in [-0.05, 0) is 36.8 Å². The number of nitrogens with one attached hydrogen (secondary N) is 2. The van der Waals surface area contributed by atoms with Crippen LogP contribution in [0.4, 0.5) is 0 Å². The Morgan fingerprint density at radius 3 is 2.50 bits per heavy atom. The zero-order valence-corrected chi connectivity index (χ0v) is 18.2. The second kappa shape index (κ2) is 7.30. The third-order valence-corrected chi connectivity index (χ3v) is 5.59. The highest BCUT2D eigenvalue weighted by molar-refractivity contribution is 6.76. The summed E-state index contributed by atoms with van der Waals surface area (Å²) in [6.45, 7) is 1.99. The molecule has 0 aliphatic rings. The Balaban J connectivity index is 1.92. The van der Waals surface area contributed by atoms with Gasteiger partial charge in [0.05, 0.1) is 5.52 Å². The number of alkyl halides is 3. The molecule has 0 aliphatic heterocycles. The molecule has 4 aromatic rings. The van der Waals surface area contributed by atoms with Crippen LogP contribution >= 0.6 is 34.8 Å². The first-order valence-electron chi connectivity index (χ1n) is 9.01. The van der Waals surface area contributed by atoms with E-state index in [1.807, 2.05) is 13.0 Å². The third-order valence-electron chi connectivity index (χ3n) is 5.07. The van der Waals surface area contributed by atoms with Crippen LogP contribution < -0.4 is 16.2 Å². The lowest BCUT2D eigenvalue weighted by molar-refractivity contribution is -0.120. The van der Waals surface area contributed by atoms with E-state index in [0.717, 1.165) is 5.56 Å². The van der Waals surface area contributed by atoms with Crippen molar-refractivity contribution in [3.05, 3.63) is 68.0 Å². The highest BCUT2D eigenvalue weighted by Crippen LogP contribution is 2.26. The lowest BCUT2D eigenvalue weighted by Gasteiger charge is -2.14. The highest BCUT2D eigenvalue weighted by Gasteiger charge is 2.30. The van der Waals surface area contributed by atoms with Crippen molar-refractivity contribution in [1.29, 1.82) is 0 Å². The Kier molecular flexibility index (Phi) is 5.04. The number of carbonyl (C=O) groups excluding carboxylic acids is 1. The maximum Gasteiger partial charge on any atom is 0.272 e. The molecule has 2 aromatic heterocycles. The summed E-state index contributed by atoms with van der Waals surface area (Å²) in [5.74, 6) is -0.759. The average Bonchev–Trinajstić information content (AvgIpc) is 2.69. The van der Waals surface area contributed by atoms with E-state index in [0.29, 0.717) is 32.9 Å². The van der Waals surface area contributed by atoms with Gasteiger partial charge < -0.3 is 14.9 Å². The number of carbonyl (C=O) groups is 1. The van der Waals surface area contributed by atoms with E-state index in [2.05, 4.69) is 10.3 Å². The van der Waals surface area contributed by atoms with Crippen molar-refractivity contribution in [2.45, 2.75) is 17.3 Å². The quantitative estimate of drug-likeness (QED) is 0.349. The summed E-state index contributed by atoms with van der Waals surface area (Å²) in [5, 5.41) is 3.45. The first-order chi connectivity index (χ1) is 14.1. The number of pyridine rings is 2. The fourth-order valence-electron chi connectivity index (χ4n) is 3.58. The van der Waals surface area contributed by atoms with Crippen LogP contribution in [0, 0.1) is 6.92 Å². The molecule has 0 unspecified atom stereocenters. The van der Waals surface area contributed by atoms with Crippen LogP contribution in [0.2, 0.25) is 0 Å². The van der Waals surface area contributed by atoms with Crippen LogP contribution in [0.3, 0.4) is 0 Å². The Bertz CT molecular complexity index is 1470. The summed E-state index contributed by atoms with van der Waals surface area (Å²) < 4.78 is -0.363. The molecule has 0 radical (unpaired) electrons. The summed E-state index contributed by atoms with van der Waals surface area (Å²) in [6, 6.07) is 10.6. The summed E-state index contributed by atoms with van der Waals surface area (Å²) in [6.07, 6.45) is 0. The van der Waals surface area contributed by atoms with E-state index in [4.69, 9.17) is 34.8 Å². The number of amides is 1. The number of fused-ring (bicyclic) bond motifs is 3. The van der Waals surface area contributed by atoms with E-state index in [-0.39, 0.29) is 22.9 Å². The van der Waals surface area contributed by atoms with Crippen molar-refractivity contribution in [1.82, 2.24) is 14.9 Å². The van der Waals surface area contributed by atoms with Gasteiger partial charge in [0.1, 0.15) is 11.0 Å². The Hall–Kier alpha value is -2.54. The molecule has 2 heterocycles. The number of aryl methyl sites for hydroxylation is 2. The van der Waals surface area contributed by atoms with Gasteiger partial charge in [-0.1, -0.05) is 52.5 Å². The SMILES string of the molecule is Cc1ccc2[nH]c3c(=O)c4cc(CNC(=O)C(Cl)(Cl)Cl)ccc4n(C)c3c(=O)c2c1. The number of hydrogen-bond acceptors (Lipinski definition) is 3. The van der Waals surface area contributed by atoms with E-state index in [1.54, 1.807) is 41.9 Å². The molecule has 0 bridgehead atoms. The molecule has 2 aromatic carbocycles. The van der Waals surface area contributed by atoms with E-state index >= 15 is 0 Å². The summed E-state index contributed by atoms with van der Waals surface area (Å²) in [7, 11) is 1.74. The second-order valence-electron chi connectivity index (χ2n) is 7.15. The predicted octanol–water partition coefficient (Wildman–Crippen LogP) is 3.83. The molecule has 6 nitrogen and oxygen atoms in total. The number of H-pyrrole nitrogens is 1. The van der Waals surface area contributed by atoms with Crippen LogP contribution in [0.25, 0.3) is 32.8 Å².